The van der Waals surface area contributed by atoms with Gasteiger partial charge in [0.25, 0.3) is 0 Å². The van der Waals surface area contributed by atoms with E-state index in [-0.39, 0.29) is 5.56 Å². The number of rotatable bonds is 5. The molecule has 0 spiro atoms. The van der Waals surface area contributed by atoms with E-state index in [4.69, 9.17) is 11.6 Å². The molecular weight excluding hydrogens is 316 g/mol. The molecule has 23 heavy (non-hydrogen) atoms. The van der Waals surface area contributed by atoms with Crippen LogP contribution < -0.4 is 5.32 Å². The molecule has 0 bridgehead atoms. The van der Waals surface area contributed by atoms with Crippen molar-refractivity contribution in [2.24, 2.45) is 5.92 Å². The Kier molecular flexibility index (Phi) is 5.14. The Bertz CT molecular complexity index is 792. The highest BCUT2D eigenvalue weighted by Gasteiger charge is 2.28. The van der Waals surface area contributed by atoms with Crippen molar-refractivity contribution >= 4 is 29.0 Å². The number of carbonyl (C=O) groups excluding carboxylic acids is 2. The van der Waals surface area contributed by atoms with Crippen LogP contribution in [0.4, 0.5) is 5.69 Å². The highest BCUT2D eigenvalue weighted by Crippen LogP contribution is 2.21. The molecule has 7 heteroatoms. The zero-order valence-electron chi connectivity index (χ0n) is 12.7. The molecule has 0 aliphatic carbocycles. The van der Waals surface area contributed by atoms with Crippen LogP contribution in [0.5, 0.6) is 0 Å². The van der Waals surface area contributed by atoms with Gasteiger partial charge in [-0.2, -0.15) is 10.4 Å². The summed E-state index contributed by atoms with van der Waals surface area (Å²) in [7, 11) is 0. The van der Waals surface area contributed by atoms with E-state index in [1.54, 1.807) is 35.9 Å². The number of nitrogens with zero attached hydrogens (tertiary/aromatic N) is 3. The number of ketones is 1. The van der Waals surface area contributed by atoms with E-state index in [2.05, 4.69) is 10.4 Å². The molecule has 1 aromatic heterocycles. The van der Waals surface area contributed by atoms with E-state index in [0.29, 0.717) is 17.3 Å². The van der Waals surface area contributed by atoms with E-state index in [1.807, 2.05) is 6.92 Å². The molecule has 118 valence electrons. The van der Waals surface area contributed by atoms with Gasteiger partial charge in [-0.1, -0.05) is 17.7 Å². The fourth-order valence-electron chi connectivity index (χ4n) is 2.00. The molecule has 1 atom stereocenters. The average Bonchev–Trinajstić information content (AvgIpc) is 3.00. The lowest BCUT2D eigenvalue weighted by atomic mass is 10.00. The van der Waals surface area contributed by atoms with Crippen LogP contribution in [0.15, 0.2) is 30.6 Å². The molecule has 2 rings (SSSR count). The third-order valence-corrected chi connectivity index (χ3v) is 3.59. The van der Waals surface area contributed by atoms with Crippen LogP contribution in [0.25, 0.3) is 0 Å². The Morgan fingerprint density at radius 1 is 1.48 bits per heavy atom. The van der Waals surface area contributed by atoms with Crippen LogP contribution in [-0.4, -0.2) is 21.5 Å². The Morgan fingerprint density at radius 2 is 2.22 bits per heavy atom. The fraction of sp³-hybridized carbons (Fsp3) is 0.250. The van der Waals surface area contributed by atoms with Crippen molar-refractivity contribution < 1.29 is 9.59 Å². The number of aryl methyl sites for hydroxylation is 2. The summed E-state index contributed by atoms with van der Waals surface area (Å²) in [5.41, 5.74) is 1.49. The SMILES string of the molecule is CCn1cc(C(=O)C(C#N)C(=O)Nc2cc(Cl)ccc2C)cn1. The van der Waals surface area contributed by atoms with Gasteiger partial charge in [-0.3, -0.25) is 14.3 Å². The van der Waals surface area contributed by atoms with Crippen molar-refractivity contribution in [3.8, 4) is 6.07 Å². The maximum Gasteiger partial charge on any atom is 0.249 e. The predicted molar refractivity (Wildman–Crippen MR) is 86.2 cm³/mol. The van der Waals surface area contributed by atoms with E-state index in [1.165, 1.54) is 12.4 Å². The number of benzene rings is 1. The summed E-state index contributed by atoms with van der Waals surface area (Å²) in [6.07, 6.45) is 2.87. The standard InChI is InChI=1S/C16H15ClN4O2/c1-3-21-9-11(8-19-21)15(22)13(7-18)16(23)20-14-6-12(17)5-4-10(14)2/h4-6,8-9,13H,3H2,1-2H3,(H,20,23). The Balaban J connectivity index is 2.20. The Hall–Kier alpha value is -2.65. The maximum atomic E-state index is 12.3. The Morgan fingerprint density at radius 3 is 2.83 bits per heavy atom. The molecule has 0 aliphatic heterocycles. The molecule has 1 N–H and O–H groups in total. The first-order chi connectivity index (χ1) is 11.0. The predicted octanol–water partition coefficient (Wildman–Crippen LogP) is 2.83. The lowest BCUT2D eigenvalue weighted by Crippen LogP contribution is -2.28. The topological polar surface area (TPSA) is 87.8 Å². The molecule has 1 amide bonds. The van der Waals surface area contributed by atoms with Crippen molar-refractivity contribution in [3.63, 3.8) is 0 Å². The summed E-state index contributed by atoms with van der Waals surface area (Å²) in [5, 5.41) is 16.2. The number of halogens is 1. The summed E-state index contributed by atoms with van der Waals surface area (Å²) in [5.74, 6) is -2.71. The van der Waals surface area contributed by atoms with E-state index >= 15 is 0 Å². The fourth-order valence-corrected chi connectivity index (χ4v) is 2.17. The van der Waals surface area contributed by atoms with Crippen molar-refractivity contribution in [3.05, 3.63) is 46.7 Å². The highest BCUT2D eigenvalue weighted by atomic mass is 35.5. The zero-order valence-corrected chi connectivity index (χ0v) is 13.5. The number of nitrogens with one attached hydrogen (secondary N) is 1. The number of Topliss-reactive ketones (excluding diaryl/α,β-unsaturated/α-hetero) is 1. The van der Waals surface area contributed by atoms with Crippen LogP contribution in [0, 0.1) is 24.2 Å². The van der Waals surface area contributed by atoms with Gasteiger partial charge in [-0.05, 0) is 31.5 Å². The first kappa shape index (κ1) is 16.7. The summed E-state index contributed by atoms with van der Waals surface area (Å²) in [6.45, 7) is 4.26. The van der Waals surface area contributed by atoms with Gasteiger partial charge in [0, 0.05) is 23.5 Å². The second-order valence-corrected chi connectivity index (χ2v) is 5.40. The van der Waals surface area contributed by atoms with Crippen LogP contribution in [0.2, 0.25) is 5.02 Å². The third-order valence-electron chi connectivity index (χ3n) is 3.35. The number of nitriles is 1. The van der Waals surface area contributed by atoms with Gasteiger partial charge < -0.3 is 5.32 Å². The minimum Gasteiger partial charge on any atom is -0.324 e. The molecule has 1 unspecified atom stereocenters. The molecule has 1 aromatic carbocycles. The lowest BCUT2D eigenvalue weighted by molar-refractivity contribution is -0.117. The smallest absolute Gasteiger partial charge is 0.249 e. The monoisotopic (exact) mass is 330 g/mol. The number of carbonyl (C=O) groups is 2. The van der Waals surface area contributed by atoms with Gasteiger partial charge in [0.1, 0.15) is 0 Å². The van der Waals surface area contributed by atoms with Crippen molar-refractivity contribution in [1.29, 1.82) is 5.26 Å². The van der Waals surface area contributed by atoms with E-state index in [0.717, 1.165) is 5.56 Å². The minimum atomic E-state index is -1.44. The third kappa shape index (κ3) is 3.76. The van der Waals surface area contributed by atoms with Crippen LogP contribution in [0.3, 0.4) is 0 Å². The number of hydrogen-bond acceptors (Lipinski definition) is 4. The summed E-state index contributed by atoms with van der Waals surface area (Å²) < 4.78 is 1.56. The summed E-state index contributed by atoms with van der Waals surface area (Å²) in [4.78, 5) is 24.6. The quantitative estimate of drug-likeness (QED) is 0.674. The van der Waals surface area contributed by atoms with Crippen LogP contribution in [-0.2, 0) is 11.3 Å². The van der Waals surface area contributed by atoms with Crippen molar-refractivity contribution in [2.45, 2.75) is 20.4 Å². The van der Waals surface area contributed by atoms with Gasteiger partial charge in [0.05, 0.1) is 17.8 Å². The second kappa shape index (κ2) is 7.07. The van der Waals surface area contributed by atoms with Gasteiger partial charge in [-0.15, -0.1) is 0 Å². The molecular formula is C16H15ClN4O2. The second-order valence-electron chi connectivity index (χ2n) is 4.96. The van der Waals surface area contributed by atoms with E-state index < -0.39 is 17.6 Å². The van der Waals surface area contributed by atoms with Crippen molar-refractivity contribution in [2.75, 3.05) is 5.32 Å². The first-order valence-electron chi connectivity index (χ1n) is 6.99. The van der Waals surface area contributed by atoms with Gasteiger partial charge in [0.15, 0.2) is 11.7 Å². The van der Waals surface area contributed by atoms with Crippen molar-refractivity contribution in [1.82, 2.24) is 9.78 Å². The number of hydrogen-bond donors (Lipinski definition) is 1. The molecule has 1 heterocycles. The number of aromatic nitrogens is 2. The van der Waals surface area contributed by atoms with Gasteiger partial charge in [-0.25, -0.2) is 0 Å². The number of amides is 1. The molecule has 6 nitrogen and oxygen atoms in total. The largest absolute Gasteiger partial charge is 0.324 e. The average molecular weight is 331 g/mol. The normalized spacial score (nSPS) is 11.6. The van der Waals surface area contributed by atoms with E-state index in [9.17, 15) is 14.9 Å². The molecule has 0 saturated carbocycles. The van der Waals surface area contributed by atoms with Crippen LogP contribution in [0.1, 0.15) is 22.8 Å². The zero-order chi connectivity index (χ0) is 17.0. The number of anilines is 1. The van der Waals surface area contributed by atoms with Gasteiger partial charge in [0.2, 0.25) is 5.91 Å². The van der Waals surface area contributed by atoms with Crippen LogP contribution >= 0.6 is 11.6 Å². The minimum absolute atomic E-state index is 0.233. The molecule has 0 fully saturated rings. The highest BCUT2D eigenvalue weighted by molar-refractivity contribution is 6.31. The molecule has 0 radical (unpaired) electrons. The Labute approximate surface area is 138 Å². The molecule has 2 aromatic rings. The van der Waals surface area contributed by atoms with Gasteiger partial charge >= 0.3 is 0 Å². The lowest BCUT2D eigenvalue weighted by Gasteiger charge is -2.11. The maximum absolute atomic E-state index is 12.3. The summed E-state index contributed by atoms with van der Waals surface area (Å²) >= 11 is 5.90. The summed E-state index contributed by atoms with van der Waals surface area (Å²) in [6, 6.07) is 6.76. The molecule has 0 aliphatic rings. The molecule has 0 saturated heterocycles. The first-order valence-corrected chi connectivity index (χ1v) is 7.37.